The van der Waals surface area contributed by atoms with Crippen LogP contribution in [-0.4, -0.2) is 49.8 Å². The Hall–Kier alpha value is -3.93. The lowest BCUT2D eigenvalue weighted by atomic mass is 10.2. The summed E-state index contributed by atoms with van der Waals surface area (Å²) < 4.78 is 48.9. The Morgan fingerprint density at radius 1 is 1.11 bits per heavy atom. The van der Waals surface area contributed by atoms with E-state index in [9.17, 15) is 27.6 Å². The predicted molar refractivity (Wildman–Crippen MR) is 120 cm³/mol. The molecule has 3 N–H and O–H groups in total. The van der Waals surface area contributed by atoms with E-state index in [4.69, 9.17) is 9.47 Å². The summed E-state index contributed by atoms with van der Waals surface area (Å²) in [5.41, 5.74) is 1.83. The van der Waals surface area contributed by atoms with Crippen LogP contribution >= 0.6 is 0 Å². The fourth-order valence-electron chi connectivity index (χ4n) is 3.08. The van der Waals surface area contributed by atoms with Gasteiger partial charge in [-0.1, -0.05) is 6.07 Å². The third-order valence-electron chi connectivity index (χ3n) is 4.82. The minimum Gasteiger partial charge on any atom is -0.484 e. The number of amides is 3. The average molecular weight is 492 g/mol. The molecule has 1 heterocycles. The Morgan fingerprint density at radius 2 is 1.89 bits per heavy atom. The quantitative estimate of drug-likeness (QED) is 0.297. The van der Waals surface area contributed by atoms with Gasteiger partial charge >= 0.3 is 18.0 Å². The lowest BCUT2D eigenvalue weighted by Gasteiger charge is -2.10. The van der Waals surface area contributed by atoms with Crippen molar-refractivity contribution in [2.75, 3.05) is 25.1 Å². The molecule has 0 saturated carbocycles. The van der Waals surface area contributed by atoms with E-state index >= 15 is 0 Å². The number of benzene rings is 2. The van der Waals surface area contributed by atoms with Gasteiger partial charge in [0.2, 0.25) is 0 Å². The standard InChI is InChI=1S/C23H23F3N4O5/c24-23(25,26)16-3-1-4-17(11-16)29-20(31)14-35-18-8-6-15(7-9-18)12-28-30-22(33)21(32)27-13-19-5-2-10-34-19/h1,3-4,6-9,11-12,19H,2,5,10,13-14H2,(H,27,32)(H,29,31)(H,30,33)/b28-12-/t19-/m1/s1. The fraction of sp³-hybridized carbons (Fsp3) is 0.304. The molecule has 2 aromatic carbocycles. The van der Waals surface area contributed by atoms with Crippen LogP contribution in [0.25, 0.3) is 0 Å². The molecule has 1 atom stereocenters. The number of hydrazone groups is 1. The van der Waals surface area contributed by atoms with Crippen LogP contribution in [0.3, 0.4) is 0 Å². The van der Waals surface area contributed by atoms with Crippen LogP contribution in [-0.2, 0) is 25.3 Å². The van der Waals surface area contributed by atoms with E-state index in [2.05, 4.69) is 21.2 Å². The zero-order valence-corrected chi connectivity index (χ0v) is 18.4. The molecule has 9 nitrogen and oxygen atoms in total. The molecule has 0 radical (unpaired) electrons. The predicted octanol–water partition coefficient (Wildman–Crippen LogP) is 2.47. The number of alkyl halides is 3. The molecule has 0 aromatic heterocycles. The molecule has 0 spiro atoms. The topological polar surface area (TPSA) is 118 Å². The highest BCUT2D eigenvalue weighted by Crippen LogP contribution is 2.30. The third kappa shape index (κ3) is 8.41. The van der Waals surface area contributed by atoms with Crippen LogP contribution in [0, 0.1) is 0 Å². The van der Waals surface area contributed by atoms with Crippen molar-refractivity contribution in [3.63, 3.8) is 0 Å². The second-order valence-corrected chi connectivity index (χ2v) is 7.53. The Labute approximate surface area is 198 Å². The highest BCUT2D eigenvalue weighted by Gasteiger charge is 2.30. The van der Waals surface area contributed by atoms with Crippen molar-refractivity contribution in [2.45, 2.75) is 25.1 Å². The largest absolute Gasteiger partial charge is 0.484 e. The summed E-state index contributed by atoms with van der Waals surface area (Å²) in [7, 11) is 0. The first-order valence-corrected chi connectivity index (χ1v) is 10.6. The molecule has 1 aliphatic rings. The van der Waals surface area contributed by atoms with Crippen molar-refractivity contribution < 1.29 is 37.0 Å². The molecule has 186 valence electrons. The van der Waals surface area contributed by atoms with Crippen molar-refractivity contribution >= 4 is 29.6 Å². The normalized spacial score (nSPS) is 15.6. The molecule has 1 aliphatic heterocycles. The van der Waals surface area contributed by atoms with Gasteiger partial charge in [-0.05, 0) is 60.9 Å². The number of rotatable bonds is 8. The Morgan fingerprint density at radius 3 is 2.57 bits per heavy atom. The van der Waals surface area contributed by atoms with Crippen molar-refractivity contribution in [2.24, 2.45) is 5.10 Å². The number of nitrogens with one attached hydrogen (secondary N) is 3. The third-order valence-corrected chi connectivity index (χ3v) is 4.82. The van der Waals surface area contributed by atoms with Crippen molar-refractivity contribution in [3.05, 3.63) is 59.7 Å². The molecule has 1 fully saturated rings. The first-order valence-electron chi connectivity index (χ1n) is 10.6. The van der Waals surface area contributed by atoms with E-state index < -0.39 is 36.1 Å². The number of carbonyl (C=O) groups is 3. The highest BCUT2D eigenvalue weighted by molar-refractivity contribution is 6.35. The minimum atomic E-state index is -4.51. The molecule has 2 aromatic rings. The second-order valence-electron chi connectivity index (χ2n) is 7.53. The maximum Gasteiger partial charge on any atom is 0.416 e. The molecule has 0 bridgehead atoms. The van der Waals surface area contributed by atoms with Crippen LogP contribution in [0.2, 0.25) is 0 Å². The highest BCUT2D eigenvalue weighted by atomic mass is 19.4. The van der Waals surface area contributed by atoms with Gasteiger partial charge in [-0.3, -0.25) is 14.4 Å². The summed E-state index contributed by atoms with van der Waals surface area (Å²) in [5.74, 6) is -2.02. The number of anilines is 1. The van der Waals surface area contributed by atoms with Crippen molar-refractivity contribution in [3.8, 4) is 5.75 Å². The maximum atomic E-state index is 12.8. The summed E-state index contributed by atoms with van der Waals surface area (Å²) in [6.45, 7) is 0.490. The monoisotopic (exact) mass is 492 g/mol. The smallest absolute Gasteiger partial charge is 0.416 e. The number of hydrogen-bond acceptors (Lipinski definition) is 6. The van der Waals surface area contributed by atoms with Gasteiger partial charge in [-0.2, -0.15) is 18.3 Å². The van der Waals surface area contributed by atoms with Gasteiger partial charge in [0.1, 0.15) is 5.75 Å². The van der Waals surface area contributed by atoms with Crippen LogP contribution < -0.4 is 20.8 Å². The van der Waals surface area contributed by atoms with Crippen LogP contribution in [0.15, 0.2) is 53.6 Å². The Kier molecular flexibility index (Phi) is 8.79. The van der Waals surface area contributed by atoms with E-state index in [1.165, 1.54) is 30.5 Å². The molecule has 3 amide bonds. The van der Waals surface area contributed by atoms with Gasteiger partial charge in [0.05, 0.1) is 17.9 Å². The number of hydrogen-bond donors (Lipinski definition) is 3. The lowest BCUT2D eigenvalue weighted by molar-refractivity contribution is -0.139. The van der Waals surface area contributed by atoms with Gasteiger partial charge in [0.25, 0.3) is 5.91 Å². The zero-order chi connectivity index (χ0) is 25.3. The summed E-state index contributed by atoms with van der Waals surface area (Å²) in [5, 5.41) is 8.54. The number of nitrogens with zero attached hydrogens (tertiary/aromatic N) is 1. The summed E-state index contributed by atoms with van der Waals surface area (Å²) >= 11 is 0. The molecule has 3 rings (SSSR count). The average Bonchev–Trinajstić information content (AvgIpc) is 3.35. The lowest BCUT2D eigenvalue weighted by Crippen LogP contribution is -2.41. The molecule has 0 aliphatic carbocycles. The summed E-state index contributed by atoms with van der Waals surface area (Å²) in [6.07, 6.45) is -1.52. The van der Waals surface area contributed by atoms with Gasteiger partial charge in [0.15, 0.2) is 6.61 Å². The molecule has 35 heavy (non-hydrogen) atoms. The van der Waals surface area contributed by atoms with Gasteiger partial charge < -0.3 is 20.1 Å². The SMILES string of the molecule is O=C(COc1ccc(/C=N\NC(=O)C(=O)NC[C@H]2CCCO2)cc1)Nc1cccc(C(F)(F)F)c1. The minimum absolute atomic E-state index is 0.00239. The number of ether oxygens (including phenoxy) is 2. The number of halogens is 3. The fourth-order valence-corrected chi connectivity index (χ4v) is 3.08. The van der Waals surface area contributed by atoms with E-state index in [0.717, 1.165) is 25.0 Å². The molecular weight excluding hydrogens is 469 g/mol. The first-order chi connectivity index (χ1) is 16.7. The van der Waals surface area contributed by atoms with Gasteiger partial charge in [-0.15, -0.1) is 0 Å². The molecular formula is C23H23F3N4O5. The van der Waals surface area contributed by atoms with Gasteiger partial charge in [0, 0.05) is 18.8 Å². The molecule has 12 heteroatoms. The zero-order valence-electron chi connectivity index (χ0n) is 18.4. The van der Waals surface area contributed by atoms with E-state index in [1.54, 1.807) is 12.1 Å². The van der Waals surface area contributed by atoms with Crippen molar-refractivity contribution in [1.29, 1.82) is 0 Å². The van der Waals surface area contributed by atoms with E-state index in [-0.39, 0.29) is 18.3 Å². The second kappa shape index (κ2) is 12.0. The van der Waals surface area contributed by atoms with Crippen LogP contribution in [0.5, 0.6) is 5.75 Å². The Balaban J connectivity index is 1.40. The summed E-state index contributed by atoms with van der Waals surface area (Å²) in [6, 6.07) is 10.5. The van der Waals surface area contributed by atoms with Crippen LogP contribution in [0.4, 0.5) is 18.9 Å². The molecule has 1 saturated heterocycles. The Bertz CT molecular complexity index is 1070. The van der Waals surface area contributed by atoms with E-state index in [0.29, 0.717) is 17.9 Å². The maximum absolute atomic E-state index is 12.8. The van der Waals surface area contributed by atoms with Crippen molar-refractivity contribution in [1.82, 2.24) is 10.7 Å². The first kappa shape index (κ1) is 25.7. The number of carbonyl (C=O) groups excluding carboxylic acids is 3. The summed E-state index contributed by atoms with van der Waals surface area (Å²) in [4.78, 5) is 35.5. The van der Waals surface area contributed by atoms with Crippen LogP contribution in [0.1, 0.15) is 24.0 Å². The van der Waals surface area contributed by atoms with E-state index in [1.807, 2.05) is 0 Å². The molecule has 0 unspecified atom stereocenters. The van der Waals surface area contributed by atoms with Gasteiger partial charge in [-0.25, -0.2) is 5.43 Å².